The number of Topliss-reactive ketones (excluding diaryl/α,β-unsaturated/α-hetero) is 1. The topological polar surface area (TPSA) is 17.1 Å². The Kier molecular flexibility index (Phi) is 2.49. The molecule has 0 saturated carbocycles. The maximum Gasteiger partial charge on any atom is 0.172 e. The van der Waals surface area contributed by atoms with Crippen LogP contribution in [0.4, 0.5) is 0 Å². The standard InChI is InChI=1S/C15H11ClO/c16-14-11-8-4-5-9-12(11)15(17)13(14)10-6-2-1-3-7-10/h1-9,13-14H. The van der Waals surface area contributed by atoms with Crippen molar-refractivity contribution in [2.24, 2.45) is 0 Å². The molecule has 0 heterocycles. The summed E-state index contributed by atoms with van der Waals surface area (Å²) in [7, 11) is 0. The zero-order valence-electron chi connectivity index (χ0n) is 9.14. The largest absolute Gasteiger partial charge is 0.293 e. The van der Waals surface area contributed by atoms with Crippen molar-refractivity contribution >= 4 is 17.4 Å². The Labute approximate surface area is 105 Å². The van der Waals surface area contributed by atoms with Crippen molar-refractivity contribution in [2.75, 3.05) is 0 Å². The fourth-order valence-corrected chi connectivity index (χ4v) is 2.87. The van der Waals surface area contributed by atoms with Crippen LogP contribution in [0.1, 0.15) is 32.8 Å². The number of hydrogen-bond donors (Lipinski definition) is 0. The van der Waals surface area contributed by atoms with Crippen molar-refractivity contribution < 1.29 is 4.79 Å². The molecular formula is C15H11ClO. The molecule has 17 heavy (non-hydrogen) atoms. The van der Waals surface area contributed by atoms with Gasteiger partial charge < -0.3 is 0 Å². The molecule has 0 aromatic heterocycles. The molecule has 0 radical (unpaired) electrons. The second-order valence-corrected chi connectivity index (χ2v) is 4.71. The molecular weight excluding hydrogens is 232 g/mol. The van der Waals surface area contributed by atoms with E-state index in [0.29, 0.717) is 0 Å². The summed E-state index contributed by atoms with van der Waals surface area (Å²) in [6.07, 6.45) is 0. The summed E-state index contributed by atoms with van der Waals surface area (Å²) in [4.78, 5) is 12.3. The minimum atomic E-state index is -0.249. The monoisotopic (exact) mass is 242 g/mol. The van der Waals surface area contributed by atoms with Gasteiger partial charge in [-0.25, -0.2) is 0 Å². The highest BCUT2D eigenvalue weighted by Gasteiger charge is 2.39. The number of hydrogen-bond acceptors (Lipinski definition) is 1. The summed E-state index contributed by atoms with van der Waals surface area (Å²) in [6, 6.07) is 17.4. The summed E-state index contributed by atoms with van der Waals surface area (Å²) in [6.45, 7) is 0. The maximum atomic E-state index is 12.3. The van der Waals surface area contributed by atoms with Crippen LogP contribution in [0.3, 0.4) is 0 Å². The average molecular weight is 243 g/mol. The zero-order valence-corrected chi connectivity index (χ0v) is 9.89. The Morgan fingerprint density at radius 2 is 1.53 bits per heavy atom. The molecule has 0 bridgehead atoms. The number of rotatable bonds is 1. The van der Waals surface area contributed by atoms with Crippen LogP contribution in [0.5, 0.6) is 0 Å². The van der Waals surface area contributed by atoms with Crippen LogP contribution in [0, 0.1) is 0 Å². The van der Waals surface area contributed by atoms with E-state index in [0.717, 1.165) is 16.7 Å². The normalized spacial score (nSPS) is 22.5. The molecule has 1 nitrogen and oxygen atoms in total. The third-order valence-electron chi connectivity index (χ3n) is 3.26. The van der Waals surface area contributed by atoms with Gasteiger partial charge in [0.05, 0.1) is 11.3 Å². The minimum absolute atomic E-state index is 0.131. The van der Waals surface area contributed by atoms with Gasteiger partial charge in [-0.05, 0) is 11.1 Å². The van der Waals surface area contributed by atoms with E-state index in [9.17, 15) is 4.79 Å². The number of halogens is 1. The minimum Gasteiger partial charge on any atom is -0.293 e. The molecule has 2 aromatic carbocycles. The fraction of sp³-hybridized carbons (Fsp3) is 0.133. The predicted octanol–water partition coefficient (Wildman–Crippen LogP) is 3.95. The number of benzene rings is 2. The molecule has 2 atom stereocenters. The summed E-state index contributed by atoms with van der Waals surface area (Å²) in [5.74, 6) is -0.109. The molecule has 84 valence electrons. The van der Waals surface area contributed by atoms with Crippen LogP contribution in [0.2, 0.25) is 0 Å². The van der Waals surface area contributed by atoms with Gasteiger partial charge >= 0.3 is 0 Å². The molecule has 0 fully saturated rings. The Morgan fingerprint density at radius 1 is 0.882 bits per heavy atom. The van der Waals surface area contributed by atoms with Gasteiger partial charge in [-0.15, -0.1) is 11.6 Å². The van der Waals surface area contributed by atoms with Crippen LogP contribution >= 0.6 is 11.6 Å². The quantitative estimate of drug-likeness (QED) is 0.692. The van der Waals surface area contributed by atoms with E-state index in [1.54, 1.807) is 0 Å². The van der Waals surface area contributed by atoms with Gasteiger partial charge in [0, 0.05) is 5.56 Å². The lowest BCUT2D eigenvalue weighted by Gasteiger charge is -2.12. The fourth-order valence-electron chi connectivity index (χ4n) is 2.42. The summed E-state index contributed by atoms with van der Waals surface area (Å²) in [5, 5.41) is -0.249. The molecule has 0 N–H and O–H groups in total. The SMILES string of the molecule is O=C1c2ccccc2C(Cl)C1c1ccccc1. The first-order valence-electron chi connectivity index (χ1n) is 5.61. The van der Waals surface area contributed by atoms with Gasteiger partial charge in [0.15, 0.2) is 5.78 Å². The zero-order chi connectivity index (χ0) is 11.8. The van der Waals surface area contributed by atoms with E-state index >= 15 is 0 Å². The van der Waals surface area contributed by atoms with Crippen LogP contribution < -0.4 is 0 Å². The first-order valence-corrected chi connectivity index (χ1v) is 6.05. The van der Waals surface area contributed by atoms with Crippen LogP contribution in [-0.2, 0) is 0 Å². The van der Waals surface area contributed by atoms with Crippen molar-refractivity contribution in [3.63, 3.8) is 0 Å². The van der Waals surface area contributed by atoms with Crippen molar-refractivity contribution in [1.82, 2.24) is 0 Å². The molecule has 2 aromatic rings. The summed E-state index contributed by atoms with van der Waals surface area (Å²) in [5.41, 5.74) is 2.71. The number of alkyl halides is 1. The molecule has 0 amide bonds. The molecule has 1 aliphatic rings. The smallest absolute Gasteiger partial charge is 0.172 e. The summed E-state index contributed by atoms with van der Waals surface area (Å²) < 4.78 is 0. The number of fused-ring (bicyclic) bond motifs is 1. The second kappa shape index (κ2) is 4.01. The van der Waals surface area contributed by atoms with Crippen molar-refractivity contribution in [1.29, 1.82) is 0 Å². The van der Waals surface area contributed by atoms with E-state index in [2.05, 4.69) is 0 Å². The van der Waals surface area contributed by atoms with Gasteiger partial charge in [0.25, 0.3) is 0 Å². The number of ketones is 1. The van der Waals surface area contributed by atoms with Gasteiger partial charge in [-0.2, -0.15) is 0 Å². The Bertz CT molecular complexity index is 562. The second-order valence-electron chi connectivity index (χ2n) is 4.24. The van der Waals surface area contributed by atoms with E-state index in [-0.39, 0.29) is 17.1 Å². The maximum absolute atomic E-state index is 12.3. The Balaban J connectivity index is 2.10. The van der Waals surface area contributed by atoms with Crippen LogP contribution in [0.15, 0.2) is 54.6 Å². The van der Waals surface area contributed by atoms with E-state index in [4.69, 9.17) is 11.6 Å². The molecule has 3 rings (SSSR count). The predicted molar refractivity (Wildman–Crippen MR) is 68.5 cm³/mol. The highest BCUT2D eigenvalue weighted by atomic mass is 35.5. The molecule has 0 spiro atoms. The summed E-state index contributed by atoms with van der Waals surface area (Å²) >= 11 is 6.42. The van der Waals surface area contributed by atoms with E-state index in [1.165, 1.54) is 0 Å². The lowest BCUT2D eigenvalue weighted by Crippen LogP contribution is -2.08. The Morgan fingerprint density at radius 3 is 2.24 bits per heavy atom. The van der Waals surface area contributed by atoms with Crippen LogP contribution in [0.25, 0.3) is 0 Å². The average Bonchev–Trinajstić information content (AvgIpc) is 2.64. The molecule has 2 unspecified atom stereocenters. The highest BCUT2D eigenvalue weighted by Crippen LogP contribution is 2.46. The molecule has 0 aliphatic heterocycles. The van der Waals surface area contributed by atoms with Gasteiger partial charge in [-0.3, -0.25) is 4.79 Å². The number of carbonyl (C=O) groups is 1. The lowest BCUT2D eigenvalue weighted by molar-refractivity contribution is 0.0971. The van der Waals surface area contributed by atoms with Crippen LogP contribution in [-0.4, -0.2) is 5.78 Å². The third-order valence-corrected chi connectivity index (χ3v) is 3.74. The first-order chi connectivity index (χ1) is 8.29. The van der Waals surface area contributed by atoms with Gasteiger partial charge in [0.2, 0.25) is 0 Å². The van der Waals surface area contributed by atoms with E-state index in [1.807, 2.05) is 54.6 Å². The lowest BCUT2D eigenvalue weighted by atomic mass is 9.95. The highest BCUT2D eigenvalue weighted by molar-refractivity contribution is 6.27. The van der Waals surface area contributed by atoms with Gasteiger partial charge in [0.1, 0.15) is 0 Å². The molecule has 1 aliphatic carbocycles. The third kappa shape index (κ3) is 1.58. The number of carbonyl (C=O) groups excluding carboxylic acids is 1. The van der Waals surface area contributed by atoms with Gasteiger partial charge in [-0.1, -0.05) is 54.6 Å². The van der Waals surface area contributed by atoms with Crippen molar-refractivity contribution in [2.45, 2.75) is 11.3 Å². The van der Waals surface area contributed by atoms with E-state index < -0.39 is 0 Å². The first kappa shape index (κ1) is 10.5. The van der Waals surface area contributed by atoms with Crippen molar-refractivity contribution in [3.8, 4) is 0 Å². The molecule has 0 saturated heterocycles. The molecule has 2 heteroatoms. The van der Waals surface area contributed by atoms with Crippen molar-refractivity contribution in [3.05, 3.63) is 71.3 Å². The Hall–Kier alpha value is -1.60.